The maximum atomic E-state index is 11.9. The number of esters is 1. The van der Waals surface area contributed by atoms with Crippen LogP contribution in [0.5, 0.6) is 11.5 Å². The normalized spacial score (nSPS) is 29.5. The number of aliphatic imine (C=N–C) groups is 1. The number of nitrogens with one attached hydrogen (secondary N) is 1. The second-order valence-corrected chi connectivity index (χ2v) is 9.76. The largest absolute Gasteiger partial charge is 0.504 e. The molecule has 0 saturated heterocycles. The fourth-order valence-corrected chi connectivity index (χ4v) is 5.41. The van der Waals surface area contributed by atoms with Gasteiger partial charge in [-0.3, -0.25) is 9.79 Å². The summed E-state index contributed by atoms with van der Waals surface area (Å²) >= 11 is 0. The third-order valence-electron chi connectivity index (χ3n) is 7.31. The molecule has 0 aromatic heterocycles. The minimum absolute atomic E-state index is 0.0710. The molecule has 1 spiro atoms. The quantitative estimate of drug-likeness (QED) is 0.219. The number of nitrogens with two attached hydrogens (primary N) is 1. The van der Waals surface area contributed by atoms with Crippen LogP contribution in [0.15, 0.2) is 23.2 Å². The Labute approximate surface area is 208 Å². The molecule has 1 fully saturated rings. The Kier molecular flexibility index (Phi) is 9.27. The number of carbonyl (C=O) groups is 1. The second-order valence-electron chi connectivity index (χ2n) is 9.76. The number of carbonyl (C=O) groups excluding carboxylic acids is 1. The van der Waals surface area contributed by atoms with Gasteiger partial charge in [0.05, 0.1) is 18.6 Å². The Morgan fingerprint density at radius 2 is 2.11 bits per heavy atom. The van der Waals surface area contributed by atoms with Crippen molar-refractivity contribution in [3.8, 4) is 23.3 Å². The van der Waals surface area contributed by atoms with Crippen LogP contribution < -0.4 is 15.8 Å². The number of nitrogens with zero attached hydrogens (tertiary/aromatic N) is 1. The molecule has 2 aliphatic carbocycles. The van der Waals surface area contributed by atoms with E-state index in [2.05, 4.69) is 22.2 Å². The van der Waals surface area contributed by atoms with Gasteiger partial charge < -0.3 is 30.7 Å². The van der Waals surface area contributed by atoms with Crippen molar-refractivity contribution in [3.05, 3.63) is 23.8 Å². The van der Waals surface area contributed by atoms with E-state index in [0.717, 1.165) is 37.7 Å². The zero-order chi connectivity index (χ0) is 25.4. The molecule has 35 heavy (non-hydrogen) atoms. The van der Waals surface area contributed by atoms with E-state index >= 15 is 0 Å². The van der Waals surface area contributed by atoms with Crippen molar-refractivity contribution in [2.45, 2.75) is 83.0 Å². The lowest BCUT2D eigenvalue weighted by Gasteiger charge is -2.42. The molecule has 1 aromatic carbocycles. The van der Waals surface area contributed by atoms with Crippen LogP contribution in [0.4, 0.5) is 0 Å². The topological polar surface area (TPSA) is 126 Å². The first-order valence-electron chi connectivity index (χ1n) is 12.5. The number of phenolic OH excluding ortho intramolecular Hbond substituents is 1. The molecular weight excluding hydrogens is 446 g/mol. The molecular formula is C27H39N3O5. The standard InChI is InChI=1S/C27H39N3O5/c1-18(31)35-23-17-21(32)11-14-27(12-5-4-8-25(27)30-26(28)29-2)13-6-7-20(23)15-19-9-10-22(33)24(16-19)34-3/h9-10,16,20-21,23,25,32-33H,4-5,7-8,11-12,14-15,17H2,1-3H3,(H3,28,29,30)/t20-,21+,23-,25-,27-/m1/s1. The minimum Gasteiger partial charge on any atom is -0.504 e. The zero-order valence-electron chi connectivity index (χ0n) is 21.0. The molecule has 0 amide bonds. The molecule has 0 unspecified atom stereocenters. The molecule has 8 nitrogen and oxygen atoms in total. The smallest absolute Gasteiger partial charge is 0.302 e. The van der Waals surface area contributed by atoms with Crippen LogP contribution in [0.3, 0.4) is 0 Å². The van der Waals surface area contributed by atoms with Gasteiger partial charge in [-0.2, -0.15) is 0 Å². The van der Waals surface area contributed by atoms with E-state index in [-0.39, 0.29) is 29.1 Å². The molecule has 0 aliphatic heterocycles. The van der Waals surface area contributed by atoms with Crippen LogP contribution in [0.2, 0.25) is 0 Å². The molecule has 0 radical (unpaired) electrons. The van der Waals surface area contributed by atoms with Crippen molar-refractivity contribution >= 4 is 11.9 Å². The average molecular weight is 486 g/mol. The van der Waals surface area contributed by atoms with Gasteiger partial charge in [-0.05, 0) is 49.8 Å². The highest BCUT2D eigenvalue weighted by Crippen LogP contribution is 2.41. The number of guanidine groups is 1. The fourth-order valence-electron chi connectivity index (χ4n) is 5.41. The number of benzene rings is 1. The molecule has 1 saturated carbocycles. The van der Waals surface area contributed by atoms with Gasteiger partial charge in [0.1, 0.15) is 6.10 Å². The molecule has 3 rings (SSSR count). The summed E-state index contributed by atoms with van der Waals surface area (Å²) in [5.41, 5.74) is 6.66. The summed E-state index contributed by atoms with van der Waals surface area (Å²) in [5, 5.41) is 24.3. The highest BCUT2D eigenvalue weighted by atomic mass is 16.5. The van der Waals surface area contributed by atoms with Gasteiger partial charge in [0.15, 0.2) is 17.5 Å². The summed E-state index contributed by atoms with van der Waals surface area (Å²) in [5.74, 6) is 7.40. The van der Waals surface area contributed by atoms with E-state index in [9.17, 15) is 15.0 Å². The van der Waals surface area contributed by atoms with Crippen LogP contribution in [-0.2, 0) is 16.0 Å². The summed E-state index contributed by atoms with van der Waals surface area (Å²) in [6.07, 6.45) is 5.73. The van der Waals surface area contributed by atoms with E-state index < -0.39 is 12.2 Å². The number of hydrogen-bond donors (Lipinski definition) is 4. The third kappa shape index (κ3) is 7.04. The van der Waals surface area contributed by atoms with Crippen molar-refractivity contribution in [1.29, 1.82) is 0 Å². The SMILES string of the molecule is CN=C(N)N[C@@H]1CCCC[C@]12C#CC[C@H](Cc1ccc(O)c(OC)c1)[C@H](OC(C)=O)C[C@@H](O)CC2. The fraction of sp³-hybridized carbons (Fsp3) is 0.630. The molecule has 2 aliphatic rings. The lowest BCUT2D eigenvalue weighted by atomic mass is 9.67. The van der Waals surface area contributed by atoms with Crippen LogP contribution in [-0.4, -0.2) is 54.5 Å². The first kappa shape index (κ1) is 26.7. The summed E-state index contributed by atoms with van der Waals surface area (Å²) in [6, 6.07) is 5.30. The third-order valence-corrected chi connectivity index (χ3v) is 7.31. The number of ether oxygens (including phenoxy) is 2. The molecule has 5 N–H and O–H groups in total. The predicted molar refractivity (Wildman–Crippen MR) is 135 cm³/mol. The van der Waals surface area contributed by atoms with Gasteiger partial charge in [-0.1, -0.05) is 24.8 Å². The van der Waals surface area contributed by atoms with Gasteiger partial charge in [0.2, 0.25) is 0 Å². The predicted octanol–water partition coefficient (Wildman–Crippen LogP) is 2.89. The van der Waals surface area contributed by atoms with Gasteiger partial charge in [-0.25, -0.2) is 0 Å². The molecule has 5 atom stereocenters. The number of aliphatic hydroxyl groups excluding tert-OH is 1. The monoisotopic (exact) mass is 485 g/mol. The molecule has 1 aromatic rings. The van der Waals surface area contributed by atoms with Crippen LogP contribution in [0.25, 0.3) is 0 Å². The van der Waals surface area contributed by atoms with Crippen LogP contribution >= 0.6 is 0 Å². The molecule has 192 valence electrons. The highest BCUT2D eigenvalue weighted by Gasteiger charge is 2.41. The van der Waals surface area contributed by atoms with Crippen molar-refractivity contribution in [2.24, 2.45) is 22.1 Å². The lowest BCUT2D eigenvalue weighted by molar-refractivity contribution is -0.151. The highest BCUT2D eigenvalue weighted by molar-refractivity contribution is 5.78. The van der Waals surface area contributed by atoms with Gasteiger partial charge >= 0.3 is 5.97 Å². The van der Waals surface area contributed by atoms with Crippen LogP contribution in [0, 0.1) is 23.2 Å². The van der Waals surface area contributed by atoms with Crippen molar-refractivity contribution in [3.63, 3.8) is 0 Å². The maximum absolute atomic E-state index is 11.9. The molecule has 8 heteroatoms. The number of hydrogen-bond acceptors (Lipinski definition) is 6. The molecule has 0 heterocycles. The summed E-state index contributed by atoms with van der Waals surface area (Å²) in [4.78, 5) is 16.0. The lowest BCUT2D eigenvalue weighted by Crippen LogP contribution is -2.51. The van der Waals surface area contributed by atoms with Gasteiger partial charge in [-0.15, -0.1) is 5.92 Å². The number of aromatic hydroxyl groups is 1. The maximum Gasteiger partial charge on any atom is 0.302 e. The summed E-state index contributed by atoms with van der Waals surface area (Å²) in [7, 11) is 3.18. The van der Waals surface area contributed by atoms with Crippen LogP contribution in [0.1, 0.15) is 63.9 Å². The van der Waals surface area contributed by atoms with E-state index in [1.54, 1.807) is 19.2 Å². The Bertz CT molecular complexity index is 969. The van der Waals surface area contributed by atoms with Crippen molar-refractivity contribution in [2.75, 3.05) is 14.2 Å². The Morgan fingerprint density at radius 1 is 1.31 bits per heavy atom. The number of methoxy groups -OCH3 is 1. The van der Waals surface area contributed by atoms with E-state index in [4.69, 9.17) is 15.2 Å². The zero-order valence-corrected chi connectivity index (χ0v) is 21.0. The summed E-state index contributed by atoms with van der Waals surface area (Å²) in [6.45, 7) is 1.39. The van der Waals surface area contributed by atoms with E-state index in [1.165, 1.54) is 14.0 Å². The minimum atomic E-state index is -0.618. The first-order chi connectivity index (χ1) is 16.8. The second kappa shape index (κ2) is 12.2. The van der Waals surface area contributed by atoms with Gasteiger partial charge in [0, 0.05) is 38.8 Å². The average Bonchev–Trinajstić information content (AvgIpc) is 2.83. The number of phenols is 1. The molecule has 0 bridgehead atoms. The van der Waals surface area contributed by atoms with E-state index in [1.807, 2.05) is 6.07 Å². The van der Waals surface area contributed by atoms with Crippen molar-refractivity contribution in [1.82, 2.24) is 5.32 Å². The Morgan fingerprint density at radius 3 is 2.83 bits per heavy atom. The summed E-state index contributed by atoms with van der Waals surface area (Å²) < 4.78 is 11.0. The first-order valence-corrected chi connectivity index (χ1v) is 12.5. The van der Waals surface area contributed by atoms with Gasteiger partial charge in [0.25, 0.3) is 0 Å². The van der Waals surface area contributed by atoms with E-state index in [0.29, 0.717) is 37.4 Å². The Hall–Kier alpha value is -2.92. The number of aliphatic hydroxyl groups is 1. The number of rotatable bonds is 5. The Balaban J connectivity index is 1.93. The van der Waals surface area contributed by atoms with Crippen molar-refractivity contribution < 1.29 is 24.5 Å².